The molecule has 0 amide bonds. The maximum absolute atomic E-state index is 11.3. The van der Waals surface area contributed by atoms with Crippen LogP contribution in [0.3, 0.4) is 0 Å². The first-order valence-corrected chi connectivity index (χ1v) is 4.93. The summed E-state index contributed by atoms with van der Waals surface area (Å²) >= 11 is 0. The quantitative estimate of drug-likeness (QED) is 0.580. The van der Waals surface area contributed by atoms with Crippen molar-refractivity contribution in [3.8, 4) is 0 Å². The van der Waals surface area contributed by atoms with E-state index >= 15 is 0 Å². The lowest BCUT2D eigenvalue weighted by atomic mass is 10.2. The lowest BCUT2D eigenvalue weighted by Gasteiger charge is -1.97. The molecule has 0 aliphatic carbocycles. The summed E-state index contributed by atoms with van der Waals surface area (Å²) in [6.45, 7) is 0. The van der Waals surface area contributed by atoms with Crippen LogP contribution in [0, 0.1) is 0 Å². The number of benzene rings is 1. The SMILES string of the molecule is O=S1(=O)N=C(NO)c2ccccc21. The molecule has 0 bridgehead atoms. The highest BCUT2D eigenvalue weighted by molar-refractivity contribution is 7.90. The Morgan fingerprint density at radius 3 is 2.69 bits per heavy atom. The minimum atomic E-state index is -3.60. The van der Waals surface area contributed by atoms with Gasteiger partial charge in [-0.3, -0.25) is 10.7 Å². The van der Waals surface area contributed by atoms with E-state index in [1.54, 1.807) is 23.7 Å². The van der Waals surface area contributed by atoms with Crippen LogP contribution in [-0.2, 0) is 10.0 Å². The molecule has 1 heterocycles. The third kappa shape index (κ3) is 1.11. The molecule has 1 aromatic carbocycles. The minimum absolute atomic E-state index is 0.0319. The van der Waals surface area contributed by atoms with Gasteiger partial charge in [0.05, 0.1) is 0 Å². The fourth-order valence-electron chi connectivity index (χ4n) is 1.19. The summed E-state index contributed by atoms with van der Waals surface area (Å²) in [5.74, 6) is -0.0319. The van der Waals surface area contributed by atoms with Gasteiger partial charge in [-0.15, -0.1) is 4.40 Å². The number of fused-ring (bicyclic) bond motifs is 1. The molecular formula is C7H6N2O3S. The van der Waals surface area contributed by atoms with Crippen LogP contribution >= 0.6 is 0 Å². The number of hydroxylamine groups is 1. The molecule has 6 heteroatoms. The maximum Gasteiger partial charge on any atom is 0.285 e. The Morgan fingerprint density at radius 2 is 2.00 bits per heavy atom. The van der Waals surface area contributed by atoms with Gasteiger partial charge in [-0.1, -0.05) is 12.1 Å². The molecule has 1 aromatic rings. The maximum atomic E-state index is 11.3. The number of rotatable bonds is 0. The summed E-state index contributed by atoms with van der Waals surface area (Å²) in [6, 6.07) is 6.29. The third-order valence-electron chi connectivity index (χ3n) is 1.74. The standard InChI is InChI=1S/C7H6N2O3S/c10-8-7-5-3-1-2-4-6(5)13(11,12)9-7/h1-4,10H,(H,8,9). The van der Waals surface area contributed by atoms with E-state index in [0.29, 0.717) is 5.56 Å². The van der Waals surface area contributed by atoms with Gasteiger partial charge < -0.3 is 0 Å². The highest BCUT2D eigenvalue weighted by atomic mass is 32.2. The zero-order chi connectivity index (χ0) is 9.47. The van der Waals surface area contributed by atoms with Gasteiger partial charge >= 0.3 is 0 Å². The first-order chi connectivity index (χ1) is 6.15. The molecule has 68 valence electrons. The van der Waals surface area contributed by atoms with Crippen LogP contribution in [-0.4, -0.2) is 19.5 Å². The summed E-state index contributed by atoms with van der Waals surface area (Å²) in [6.07, 6.45) is 0. The van der Waals surface area contributed by atoms with Gasteiger partial charge in [0.25, 0.3) is 10.0 Å². The Hall–Kier alpha value is -1.40. The van der Waals surface area contributed by atoms with E-state index in [0.717, 1.165) is 0 Å². The van der Waals surface area contributed by atoms with Gasteiger partial charge in [-0.2, -0.15) is 8.42 Å². The summed E-state index contributed by atoms with van der Waals surface area (Å²) in [4.78, 5) is 0.117. The number of hydrogen-bond donors (Lipinski definition) is 2. The van der Waals surface area contributed by atoms with Crippen molar-refractivity contribution in [1.82, 2.24) is 5.48 Å². The molecule has 0 saturated carbocycles. The molecule has 1 aliphatic rings. The second-order valence-corrected chi connectivity index (χ2v) is 4.10. The van der Waals surface area contributed by atoms with Crippen molar-refractivity contribution in [2.45, 2.75) is 4.90 Å². The second kappa shape index (κ2) is 2.54. The Bertz CT molecular complexity index is 478. The van der Waals surface area contributed by atoms with Gasteiger partial charge in [0, 0.05) is 5.56 Å². The monoisotopic (exact) mass is 198 g/mol. The van der Waals surface area contributed by atoms with E-state index in [1.165, 1.54) is 6.07 Å². The Morgan fingerprint density at radius 1 is 1.31 bits per heavy atom. The summed E-state index contributed by atoms with van der Waals surface area (Å²) in [5.41, 5.74) is 2.14. The van der Waals surface area contributed by atoms with Gasteiger partial charge in [0.1, 0.15) is 4.90 Å². The average molecular weight is 198 g/mol. The normalized spacial score (nSPS) is 17.8. The van der Waals surface area contributed by atoms with Crippen LogP contribution in [0.5, 0.6) is 0 Å². The van der Waals surface area contributed by atoms with Crippen LogP contribution in [0.15, 0.2) is 33.6 Å². The van der Waals surface area contributed by atoms with Gasteiger partial charge in [-0.05, 0) is 12.1 Å². The molecule has 0 spiro atoms. The van der Waals surface area contributed by atoms with Crippen LogP contribution in [0.1, 0.15) is 5.56 Å². The lowest BCUT2D eigenvalue weighted by Crippen LogP contribution is -2.17. The van der Waals surface area contributed by atoms with Crippen LogP contribution in [0.25, 0.3) is 0 Å². The first-order valence-electron chi connectivity index (χ1n) is 3.49. The molecule has 0 atom stereocenters. The van der Waals surface area contributed by atoms with Crippen molar-refractivity contribution in [2.24, 2.45) is 4.40 Å². The number of sulfonamides is 1. The van der Waals surface area contributed by atoms with Crippen LogP contribution < -0.4 is 5.48 Å². The molecule has 1 aliphatic heterocycles. The number of nitrogens with zero attached hydrogens (tertiary/aromatic N) is 1. The Balaban J connectivity index is 2.76. The number of hydrogen-bond acceptors (Lipinski definition) is 4. The van der Waals surface area contributed by atoms with Crippen molar-refractivity contribution in [3.05, 3.63) is 29.8 Å². The minimum Gasteiger partial charge on any atom is -0.290 e. The molecule has 5 nitrogen and oxygen atoms in total. The van der Waals surface area contributed by atoms with Crippen molar-refractivity contribution in [1.29, 1.82) is 0 Å². The van der Waals surface area contributed by atoms with Gasteiger partial charge in [0.2, 0.25) is 0 Å². The molecule has 2 rings (SSSR count). The smallest absolute Gasteiger partial charge is 0.285 e. The van der Waals surface area contributed by atoms with E-state index in [9.17, 15) is 8.42 Å². The van der Waals surface area contributed by atoms with E-state index in [1.807, 2.05) is 0 Å². The topological polar surface area (TPSA) is 78.8 Å². The number of amidine groups is 1. The van der Waals surface area contributed by atoms with E-state index in [2.05, 4.69) is 4.40 Å². The largest absolute Gasteiger partial charge is 0.290 e. The second-order valence-electron chi connectivity index (χ2n) is 2.52. The summed E-state index contributed by atoms with van der Waals surface area (Å²) in [7, 11) is -3.60. The highest BCUT2D eigenvalue weighted by Gasteiger charge is 2.27. The molecule has 2 N–H and O–H groups in total. The molecule has 0 aromatic heterocycles. The zero-order valence-corrected chi connectivity index (χ0v) is 7.25. The van der Waals surface area contributed by atoms with Crippen molar-refractivity contribution in [2.75, 3.05) is 0 Å². The predicted octanol–water partition coefficient (Wildman–Crippen LogP) is 0.114. The fourth-order valence-corrected chi connectivity index (χ4v) is 2.36. The van der Waals surface area contributed by atoms with Crippen molar-refractivity contribution >= 4 is 15.9 Å². The van der Waals surface area contributed by atoms with Crippen molar-refractivity contribution < 1.29 is 13.6 Å². The van der Waals surface area contributed by atoms with Crippen molar-refractivity contribution in [3.63, 3.8) is 0 Å². The van der Waals surface area contributed by atoms with E-state index < -0.39 is 10.0 Å². The molecule has 0 fully saturated rings. The predicted molar refractivity (Wildman–Crippen MR) is 45.1 cm³/mol. The fraction of sp³-hybridized carbons (Fsp3) is 0. The van der Waals surface area contributed by atoms with Gasteiger partial charge in [-0.25, -0.2) is 0 Å². The van der Waals surface area contributed by atoms with Gasteiger partial charge in [0.15, 0.2) is 5.84 Å². The van der Waals surface area contributed by atoms with Crippen LogP contribution in [0.4, 0.5) is 0 Å². The summed E-state index contributed by atoms with van der Waals surface area (Å²) in [5, 5.41) is 8.60. The molecule has 0 saturated heterocycles. The Labute approximate surface area is 74.7 Å². The Kier molecular flexibility index (Phi) is 1.61. The summed E-state index contributed by atoms with van der Waals surface area (Å²) < 4.78 is 25.9. The molecular weight excluding hydrogens is 192 g/mol. The molecule has 0 radical (unpaired) electrons. The molecule has 13 heavy (non-hydrogen) atoms. The lowest BCUT2D eigenvalue weighted by molar-refractivity contribution is 0.235. The first kappa shape index (κ1) is 8.21. The highest BCUT2D eigenvalue weighted by Crippen LogP contribution is 2.24. The zero-order valence-electron chi connectivity index (χ0n) is 6.43. The number of nitrogens with one attached hydrogen (secondary N) is 1. The van der Waals surface area contributed by atoms with E-state index in [-0.39, 0.29) is 10.7 Å². The van der Waals surface area contributed by atoms with Crippen LogP contribution in [0.2, 0.25) is 0 Å². The third-order valence-corrected chi connectivity index (χ3v) is 3.07. The van der Waals surface area contributed by atoms with E-state index in [4.69, 9.17) is 5.21 Å². The average Bonchev–Trinajstić information content (AvgIpc) is 2.39. The molecule has 0 unspecified atom stereocenters.